The van der Waals surface area contributed by atoms with Crippen LogP contribution in [0.5, 0.6) is 5.75 Å². The zero-order chi connectivity index (χ0) is 12.3. The summed E-state index contributed by atoms with van der Waals surface area (Å²) in [6.07, 6.45) is 1.25. The molecule has 1 N–H and O–H groups in total. The molecule has 1 heterocycles. The van der Waals surface area contributed by atoms with Gasteiger partial charge in [-0.15, -0.1) is 0 Å². The molecule has 0 spiro atoms. The topological polar surface area (TPSA) is 24.5 Å². The van der Waals surface area contributed by atoms with Crippen LogP contribution >= 0.6 is 0 Å². The number of ether oxygens (including phenoxy) is 1. The van der Waals surface area contributed by atoms with Gasteiger partial charge in [-0.3, -0.25) is 4.90 Å². The first kappa shape index (κ1) is 12.4. The smallest absolute Gasteiger partial charge is 0.118 e. The minimum Gasteiger partial charge on any atom is -0.497 e. The monoisotopic (exact) mass is 234 g/mol. The summed E-state index contributed by atoms with van der Waals surface area (Å²) in [6, 6.07) is 9.49. The van der Waals surface area contributed by atoms with E-state index in [0.717, 1.165) is 18.8 Å². The third-order valence-corrected chi connectivity index (χ3v) is 3.82. The molecule has 1 aromatic rings. The molecule has 0 aliphatic carbocycles. The van der Waals surface area contributed by atoms with Gasteiger partial charge in [-0.2, -0.15) is 0 Å². The van der Waals surface area contributed by atoms with Crippen LogP contribution in [0.25, 0.3) is 0 Å². The van der Waals surface area contributed by atoms with Gasteiger partial charge in [-0.05, 0) is 44.6 Å². The second kappa shape index (κ2) is 5.52. The summed E-state index contributed by atoms with van der Waals surface area (Å²) in [5.41, 5.74) is 1.35. The van der Waals surface area contributed by atoms with E-state index >= 15 is 0 Å². The Morgan fingerprint density at radius 2 is 2.06 bits per heavy atom. The van der Waals surface area contributed by atoms with Gasteiger partial charge in [0.1, 0.15) is 5.75 Å². The number of hydrogen-bond donors (Lipinski definition) is 1. The highest BCUT2D eigenvalue weighted by atomic mass is 16.5. The predicted molar refractivity (Wildman–Crippen MR) is 70.4 cm³/mol. The lowest BCUT2D eigenvalue weighted by Crippen LogP contribution is -2.35. The van der Waals surface area contributed by atoms with E-state index < -0.39 is 0 Å². The van der Waals surface area contributed by atoms with Crippen LogP contribution in [0, 0.1) is 0 Å². The summed E-state index contributed by atoms with van der Waals surface area (Å²) in [5, 5.41) is 3.42. The predicted octanol–water partition coefficient (Wildman–Crippen LogP) is 2.05. The van der Waals surface area contributed by atoms with Gasteiger partial charge in [0.25, 0.3) is 0 Å². The van der Waals surface area contributed by atoms with Crippen molar-refractivity contribution in [3.8, 4) is 5.75 Å². The molecule has 1 aliphatic rings. The lowest BCUT2D eigenvalue weighted by atomic mass is 10.0. The molecular weight excluding hydrogens is 212 g/mol. The van der Waals surface area contributed by atoms with Gasteiger partial charge in [0, 0.05) is 18.6 Å². The molecule has 2 rings (SSSR count). The number of nitrogens with one attached hydrogen (secondary N) is 1. The van der Waals surface area contributed by atoms with E-state index in [0.29, 0.717) is 12.1 Å². The molecule has 1 saturated heterocycles. The summed E-state index contributed by atoms with van der Waals surface area (Å²) in [6.45, 7) is 4.52. The SMILES string of the molecule is COc1ccc(C(C)N(C)C2CCNC2)cc1. The van der Waals surface area contributed by atoms with Crippen molar-refractivity contribution in [1.82, 2.24) is 10.2 Å². The summed E-state index contributed by atoms with van der Waals surface area (Å²) < 4.78 is 5.19. The quantitative estimate of drug-likeness (QED) is 0.863. The fraction of sp³-hybridized carbons (Fsp3) is 0.571. The van der Waals surface area contributed by atoms with Crippen LogP contribution in [0.2, 0.25) is 0 Å². The Morgan fingerprint density at radius 1 is 1.35 bits per heavy atom. The Balaban J connectivity index is 2.04. The van der Waals surface area contributed by atoms with E-state index in [4.69, 9.17) is 4.74 Å². The molecule has 0 bridgehead atoms. The maximum Gasteiger partial charge on any atom is 0.118 e. The van der Waals surface area contributed by atoms with Crippen LogP contribution in [0.3, 0.4) is 0 Å². The van der Waals surface area contributed by atoms with Crippen molar-refractivity contribution in [3.05, 3.63) is 29.8 Å². The van der Waals surface area contributed by atoms with Crippen LogP contribution in [-0.4, -0.2) is 38.2 Å². The highest BCUT2D eigenvalue weighted by Gasteiger charge is 2.23. The third-order valence-electron chi connectivity index (χ3n) is 3.82. The van der Waals surface area contributed by atoms with Crippen molar-refractivity contribution in [2.45, 2.75) is 25.4 Å². The number of methoxy groups -OCH3 is 1. The zero-order valence-electron chi connectivity index (χ0n) is 10.9. The fourth-order valence-electron chi connectivity index (χ4n) is 2.42. The lowest BCUT2D eigenvalue weighted by molar-refractivity contribution is 0.197. The minimum atomic E-state index is 0.450. The second-order valence-corrected chi connectivity index (χ2v) is 4.76. The number of benzene rings is 1. The van der Waals surface area contributed by atoms with Gasteiger partial charge < -0.3 is 10.1 Å². The molecular formula is C14H22N2O. The van der Waals surface area contributed by atoms with Crippen molar-refractivity contribution < 1.29 is 4.74 Å². The number of nitrogens with zero attached hydrogens (tertiary/aromatic N) is 1. The molecule has 0 radical (unpaired) electrons. The van der Waals surface area contributed by atoms with Crippen LogP contribution in [-0.2, 0) is 0 Å². The Bertz CT molecular complexity index is 344. The Hall–Kier alpha value is -1.06. The van der Waals surface area contributed by atoms with Crippen LogP contribution in [0.15, 0.2) is 24.3 Å². The van der Waals surface area contributed by atoms with E-state index in [1.165, 1.54) is 12.0 Å². The molecule has 1 aliphatic heterocycles. The summed E-state index contributed by atoms with van der Waals surface area (Å²) in [5.74, 6) is 0.922. The fourth-order valence-corrected chi connectivity index (χ4v) is 2.42. The van der Waals surface area contributed by atoms with Gasteiger partial charge in [-0.25, -0.2) is 0 Å². The van der Waals surface area contributed by atoms with E-state index in [1.807, 2.05) is 12.1 Å². The first-order valence-corrected chi connectivity index (χ1v) is 6.29. The van der Waals surface area contributed by atoms with E-state index in [1.54, 1.807) is 7.11 Å². The Labute approximate surface area is 104 Å². The standard InChI is InChI=1S/C14H22N2O/c1-11(16(2)13-8-9-15-10-13)12-4-6-14(17-3)7-5-12/h4-7,11,13,15H,8-10H2,1-3H3. The lowest BCUT2D eigenvalue weighted by Gasteiger charge is -2.30. The van der Waals surface area contributed by atoms with Gasteiger partial charge in [0.05, 0.1) is 7.11 Å². The molecule has 2 unspecified atom stereocenters. The van der Waals surface area contributed by atoms with E-state index in [9.17, 15) is 0 Å². The molecule has 0 amide bonds. The van der Waals surface area contributed by atoms with Gasteiger partial charge >= 0.3 is 0 Å². The molecule has 2 atom stereocenters. The molecule has 0 saturated carbocycles. The Morgan fingerprint density at radius 3 is 2.59 bits per heavy atom. The van der Waals surface area contributed by atoms with Gasteiger partial charge in [0.2, 0.25) is 0 Å². The first-order valence-electron chi connectivity index (χ1n) is 6.29. The molecule has 1 fully saturated rings. The number of rotatable bonds is 4. The minimum absolute atomic E-state index is 0.450. The van der Waals surface area contributed by atoms with Crippen molar-refractivity contribution >= 4 is 0 Å². The summed E-state index contributed by atoms with van der Waals surface area (Å²) >= 11 is 0. The van der Waals surface area contributed by atoms with Crippen LogP contribution in [0.4, 0.5) is 0 Å². The summed E-state index contributed by atoms with van der Waals surface area (Å²) in [7, 11) is 3.92. The van der Waals surface area contributed by atoms with Crippen LogP contribution < -0.4 is 10.1 Å². The van der Waals surface area contributed by atoms with Crippen molar-refractivity contribution in [2.75, 3.05) is 27.2 Å². The normalized spacial score (nSPS) is 21.8. The molecule has 94 valence electrons. The molecule has 3 heteroatoms. The third kappa shape index (κ3) is 2.79. The van der Waals surface area contributed by atoms with Gasteiger partial charge in [-0.1, -0.05) is 12.1 Å². The summed E-state index contributed by atoms with van der Waals surface area (Å²) in [4.78, 5) is 2.46. The van der Waals surface area contributed by atoms with Crippen molar-refractivity contribution in [3.63, 3.8) is 0 Å². The maximum absolute atomic E-state index is 5.19. The highest BCUT2D eigenvalue weighted by molar-refractivity contribution is 5.28. The average Bonchev–Trinajstić information content (AvgIpc) is 2.91. The second-order valence-electron chi connectivity index (χ2n) is 4.76. The largest absolute Gasteiger partial charge is 0.497 e. The number of likely N-dealkylation sites (N-methyl/N-ethyl adjacent to an activating group) is 1. The maximum atomic E-state index is 5.19. The average molecular weight is 234 g/mol. The van der Waals surface area contributed by atoms with E-state index in [-0.39, 0.29) is 0 Å². The van der Waals surface area contributed by atoms with Crippen molar-refractivity contribution in [2.24, 2.45) is 0 Å². The molecule has 0 aromatic heterocycles. The highest BCUT2D eigenvalue weighted by Crippen LogP contribution is 2.24. The number of hydrogen-bond acceptors (Lipinski definition) is 3. The Kier molecular flexibility index (Phi) is 4.02. The molecule has 1 aromatic carbocycles. The van der Waals surface area contributed by atoms with Crippen molar-refractivity contribution in [1.29, 1.82) is 0 Å². The molecule has 17 heavy (non-hydrogen) atoms. The van der Waals surface area contributed by atoms with E-state index in [2.05, 4.69) is 36.3 Å². The van der Waals surface area contributed by atoms with Crippen LogP contribution in [0.1, 0.15) is 24.9 Å². The van der Waals surface area contributed by atoms with Gasteiger partial charge in [0.15, 0.2) is 0 Å². The molecule has 3 nitrogen and oxygen atoms in total. The zero-order valence-corrected chi connectivity index (χ0v) is 10.9. The first-order chi connectivity index (χ1) is 8.22.